The van der Waals surface area contributed by atoms with Crippen LogP contribution in [0.3, 0.4) is 0 Å². The fourth-order valence-corrected chi connectivity index (χ4v) is 2.52. The summed E-state index contributed by atoms with van der Waals surface area (Å²) in [5, 5.41) is 12.0. The van der Waals surface area contributed by atoms with Crippen LogP contribution in [0.4, 0.5) is 5.82 Å². The number of anilines is 1. The molecule has 1 N–H and O–H groups in total. The van der Waals surface area contributed by atoms with Crippen LogP contribution in [0.1, 0.15) is 26.2 Å². The summed E-state index contributed by atoms with van der Waals surface area (Å²) in [6, 6.07) is 3.78. The van der Waals surface area contributed by atoms with Crippen molar-refractivity contribution >= 4 is 17.4 Å². The van der Waals surface area contributed by atoms with E-state index in [4.69, 9.17) is 11.6 Å². The fourth-order valence-electron chi connectivity index (χ4n) is 2.42. The van der Waals surface area contributed by atoms with Gasteiger partial charge in [0, 0.05) is 13.1 Å². The first kappa shape index (κ1) is 13.6. The number of hydrogen-bond acceptors (Lipinski definition) is 4. The van der Waals surface area contributed by atoms with Crippen LogP contribution in [0.2, 0.25) is 5.15 Å². The second-order valence-electron chi connectivity index (χ2n) is 4.85. The van der Waals surface area contributed by atoms with Gasteiger partial charge >= 0.3 is 0 Å². The predicted octanol–water partition coefficient (Wildman–Crippen LogP) is 2.35. The largest absolute Gasteiger partial charge is 0.355 e. The molecule has 2 heterocycles. The Morgan fingerprint density at radius 3 is 2.72 bits per heavy atom. The average molecular weight is 269 g/mol. The van der Waals surface area contributed by atoms with Crippen molar-refractivity contribution in [2.75, 3.05) is 31.1 Å². The average Bonchev–Trinajstić information content (AvgIpc) is 2.40. The highest BCUT2D eigenvalue weighted by molar-refractivity contribution is 6.29. The van der Waals surface area contributed by atoms with Crippen molar-refractivity contribution in [3.63, 3.8) is 0 Å². The Bertz CT molecular complexity index is 349. The summed E-state index contributed by atoms with van der Waals surface area (Å²) >= 11 is 5.78. The molecule has 0 amide bonds. The van der Waals surface area contributed by atoms with Gasteiger partial charge in [-0.05, 0) is 50.4 Å². The van der Waals surface area contributed by atoms with Crippen LogP contribution in [0.15, 0.2) is 12.1 Å². The summed E-state index contributed by atoms with van der Waals surface area (Å²) in [5.41, 5.74) is 0. The molecule has 0 bridgehead atoms. The Hall–Kier alpha value is -0.870. The first-order valence-corrected chi connectivity index (χ1v) is 7.12. The Morgan fingerprint density at radius 2 is 2.11 bits per heavy atom. The molecule has 0 aromatic carbocycles. The third-order valence-corrected chi connectivity index (χ3v) is 3.57. The number of aromatic nitrogens is 2. The van der Waals surface area contributed by atoms with E-state index in [-0.39, 0.29) is 0 Å². The summed E-state index contributed by atoms with van der Waals surface area (Å²) in [5.74, 6) is 1.70. The molecule has 0 atom stereocenters. The number of piperidine rings is 1. The van der Waals surface area contributed by atoms with Crippen molar-refractivity contribution in [2.24, 2.45) is 5.92 Å². The minimum absolute atomic E-state index is 0.456. The number of nitrogens with zero attached hydrogens (tertiary/aromatic N) is 3. The van der Waals surface area contributed by atoms with Gasteiger partial charge in [0.25, 0.3) is 0 Å². The predicted molar refractivity (Wildman–Crippen MR) is 75.1 cm³/mol. The Morgan fingerprint density at radius 1 is 1.33 bits per heavy atom. The van der Waals surface area contributed by atoms with E-state index in [9.17, 15) is 0 Å². The maximum atomic E-state index is 5.78. The molecule has 1 aromatic rings. The molecule has 4 nitrogen and oxygen atoms in total. The van der Waals surface area contributed by atoms with Gasteiger partial charge in [-0.15, -0.1) is 10.2 Å². The summed E-state index contributed by atoms with van der Waals surface area (Å²) in [4.78, 5) is 2.33. The molecule has 1 aromatic heterocycles. The minimum Gasteiger partial charge on any atom is -0.355 e. The third-order valence-electron chi connectivity index (χ3n) is 3.37. The van der Waals surface area contributed by atoms with Crippen molar-refractivity contribution in [3.05, 3.63) is 17.3 Å². The van der Waals surface area contributed by atoms with Crippen LogP contribution in [-0.2, 0) is 0 Å². The van der Waals surface area contributed by atoms with Gasteiger partial charge in [-0.1, -0.05) is 18.5 Å². The molecule has 100 valence electrons. The SMILES string of the molecule is CCCN(CC1CCNCC1)c1ccc(Cl)nn1. The molecule has 0 aliphatic carbocycles. The molecule has 1 aliphatic heterocycles. The first-order valence-electron chi connectivity index (χ1n) is 6.74. The summed E-state index contributed by atoms with van der Waals surface area (Å²) < 4.78 is 0. The molecule has 0 radical (unpaired) electrons. The molecule has 0 spiro atoms. The maximum absolute atomic E-state index is 5.78. The molecule has 1 fully saturated rings. The molecule has 2 rings (SSSR count). The topological polar surface area (TPSA) is 41.0 Å². The lowest BCUT2D eigenvalue weighted by Crippen LogP contribution is -2.37. The van der Waals surface area contributed by atoms with Crippen LogP contribution in [0, 0.1) is 5.92 Å². The zero-order chi connectivity index (χ0) is 12.8. The van der Waals surface area contributed by atoms with Gasteiger partial charge in [-0.25, -0.2) is 0 Å². The Labute approximate surface area is 114 Å². The normalized spacial score (nSPS) is 16.8. The molecule has 1 saturated heterocycles. The monoisotopic (exact) mass is 268 g/mol. The summed E-state index contributed by atoms with van der Waals surface area (Å²) in [6.45, 7) is 6.57. The Kier molecular flexibility index (Phi) is 5.20. The number of nitrogens with one attached hydrogen (secondary N) is 1. The van der Waals surface area contributed by atoms with Gasteiger partial charge in [0.1, 0.15) is 0 Å². The van der Waals surface area contributed by atoms with Gasteiger partial charge in [0.15, 0.2) is 11.0 Å². The quantitative estimate of drug-likeness (QED) is 0.890. The van der Waals surface area contributed by atoms with E-state index >= 15 is 0 Å². The van der Waals surface area contributed by atoms with Gasteiger partial charge in [0.05, 0.1) is 0 Å². The molecule has 5 heteroatoms. The van der Waals surface area contributed by atoms with Crippen LogP contribution in [-0.4, -0.2) is 36.4 Å². The highest BCUT2D eigenvalue weighted by Crippen LogP contribution is 2.18. The smallest absolute Gasteiger partial charge is 0.151 e. The van der Waals surface area contributed by atoms with E-state index in [0.717, 1.165) is 44.3 Å². The molecule has 18 heavy (non-hydrogen) atoms. The molecule has 0 saturated carbocycles. The standard InChI is InChI=1S/C13H21ClN4/c1-2-9-18(10-11-5-7-15-8-6-11)13-4-3-12(14)16-17-13/h3-4,11,15H,2,5-10H2,1H3. The minimum atomic E-state index is 0.456. The summed E-state index contributed by atoms with van der Waals surface area (Å²) in [6.07, 6.45) is 3.62. The summed E-state index contributed by atoms with van der Waals surface area (Å²) in [7, 11) is 0. The van der Waals surface area contributed by atoms with Crippen molar-refractivity contribution in [3.8, 4) is 0 Å². The molecule has 1 aliphatic rings. The lowest BCUT2D eigenvalue weighted by atomic mass is 9.97. The highest BCUT2D eigenvalue weighted by atomic mass is 35.5. The van der Waals surface area contributed by atoms with Crippen molar-refractivity contribution in [2.45, 2.75) is 26.2 Å². The van der Waals surface area contributed by atoms with Gasteiger partial charge < -0.3 is 10.2 Å². The van der Waals surface area contributed by atoms with Crippen LogP contribution >= 0.6 is 11.6 Å². The zero-order valence-corrected chi connectivity index (χ0v) is 11.7. The van der Waals surface area contributed by atoms with Crippen molar-refractivity contribution in [1.82, 2.24) is 15.5 Å². The molecular weight excluding hydrogens is 248 g/mol. The van der Waals surface area contributed by atoms with E-state index in [0.29, 0.717) is 5.15 Å². The molecule has 0 unspecified atom stereocenters. The number of hydrogen-bond donors (Lipinski definition) is 1. The lowest BCUT2D eigenvalue weighted by Gasteiger charge is -2.30. The second kappa shape index (κ2) is 6.90. The zero-order valence-electron chi connectivity index (χ0n) is 10.9. The van der Waals surface area contributed by atoms with Gasteiger partial charge in [0.2, 0.25) is 0 Å². The van der Waals surface area contributed by atoms with Crippen molar-refractivity contribution < 1.29 is 0 Å². The number of halogens is 1. The third kappa shape index (κ3) is 3.82. The number of rotatable bonds is 5. The van der Waals surface area contributed by atoms with Crippen LogP contribution in [0.25, 0.3) is 0 Å². The maximum Gasteiger partial charge on any atom is 0.151 e. The van der Waals surface area contributed by atoms with Gasteiger partial charge in [-0.2, -0.15) is 0 Å². The molecular formula is C13H21ClN4. The van der Waals surface area contributed by atoms with E-state index in [1.54, 1.807) is 0 Å². The highest BCUT2D eigenvalue weighted by Gasteiger charge is 2.17. The van der Waals surface area contributed by atoms with Crippen LogP contribution < -0.4 is 10.2 Å². The lowest BCUT2D eigenvalue weighted by molar-refractivity contribution is 0.372. The van der Waals surface area contributed by atoms with E-state index < -0.39 is 0 Å². The second-order valence-corrected chi connectivity index (χ2v) is 5.24. The van der Waals surface area contributed by atoms with E-state index in [1.807, 2.05) is 12.1 Å². The first-order chi connectivity index (χ1) is 8.79. The van der Waals surface area contributed by atoms with Gasteiger partial charge in [-0.3, -0.25) is 0 Å². The fraction of sp³-hybridized carbons (Fsp3) is 0.692. The van der Waals surface area contributed by atoms with E-state index in [1.165, 1.54) is 12.8 Å². The van der Waals surface area contributed by atoms with Crippen LogP contribution in [0.5, 0.6) is 0 Å². The van der Waals surface area contributed by atoms with E-state index in [2.05, 4.69) is 27.3 Å². The van der Waals surface area contributed by atoms with Crippen molar-refractivity contribution in [1.29, 1.82) is 0 Å². The Balaban J connectivity index is 2.00.